The zero-order chi connectivity index (χ0) is 16.9. The van der Waals surface area contributed by atoms with Gasteiger partial charge in [0, 0.05) is 12.6 Å². The van der Waals surface area contributed by atoms with Gasteiger partial charge in [0.2, 0.25) is 15.9 Å². The molecule has 6 nitrogen and oxygen atoms in total. The largest absolute Gasteiger partial charge is 0.356 e. The Kier molecular flexibility index (Phi) is 3.80. The van der Waals surface area contributed by atoms with Crippen LogP contribution in [0.25, 0.3) is 0 Å². The van der Waals surface area contributed by atoms with Crippen LogP contribution in [0.3, 0.4) is 0 Å². The fraction of sp³-hybridized carbons (Fsp3) is 0.267. The molecule has 2 aromatic rings. The van der Waals surface area contributed by atoms with Crippen LogP contribution in [0, 0.1) is 0 Å². The van der Waals surface area contributed by atoms with Crippen molar-refractivity contribution in [1.82, 2.24) is 4.72 Å². The lowest BCUT2D eigenvalue weighted by molar-refractivity contribution is -0.117. The normalized spacial score (nSPS) is 22.9. The number of halogens is 1. The Labute approximate surface area is 148 Å². The molecule has 4 rings (SSSR count). The molecular formula is C15H14ClN3O3S2. The van der Waals surface area contributed by atoms with Gasteiger partial charge in [-0.1, -0.05) is 23.7 Å². The molecule has 2 aliphatic heterocycles. The van der Waals surface area contributed by atoms with Gasteiger partial charge in [-0.15, -0.1) is 11.3 Å². The molecule has 2 aliphatic rings. The number of hydrogen-bond acceptors (Lipinski definition) is 5. The van der Waals surface area contributed by atoms with Crippen LogP contribution in [0.5, 0.6) is 0 Å². The summed E-state index contributed by atoms with van der Waals surface area (Å²) in [6.07, 6.45) is 0.429. The molecule has 1 aromatic carbocycles. The van der Waals surface area contributed by atoms with Gasteiger partial charge in [0.05, 0.1) is 15.7 Å². The quantitative estimate of drug-likeness (QED) is 0.852. The molecule has 2 N–H and O–H groups in total. The number of nitrogens with one attached hydrogen (secondary N) is 2. The van der Waals surface area contributed by atoms with Crippen LogP contribution in [0.1, 0.15) is 6.42 Å². The van der Waals surface area contributed by atoms with Crippen LogP contribution in [0.2, 0.25) is 4.34 Å². The number of sulfonamides is 1. The molecule has 0 spiro atoms. The lowest BCUT2D eigenvalue weighted by atomic mass is 10.1. The molecule has 1 saturated heterocycles. The van der Waals surface area contributed by atoms with Gasteiger partial charge in [-0.25, -0.2) is 13.1 Å². The van der Waals surface area contributed by atoms with Gasteiger partial charge in [-0.2, -0.15) is 0 Å². The van der Waals surface area contributed by atoms with Gasteiger partial charge in [-0.3, -0.25) is 4.79 Å². The lowest BCUT2D eigenvalue weighted by Gasteiger charge is -2.32. The number of rotatable bonds is 3. The van der Waals surface area contributed by atoms with Gasteiger partial charge in [-0.05, 0) is 30.7 Å². The maximum atomic E-state index is 12.5. The highest BCUT2D eigenvalue weighted by molar-refractivity contribution is 7.91. The first kappa shape index (κ1) is 15.9. The minimum atomic E-state index is -3.63. The maximum absolute atomic E-state index is 12.5. The average molecular weight is 384 g/mol. The summed E-state index contributed by atoms with van der Waals surface area (Å²) in [6.45, 7) is 0.452. The van der Waals surface area contributed by atoms with E-state index in [1.54, 1.807) is 6.07 Å². The van der Waals surface area contributed by atoms with Crippen LogP contribution in [-0.2, 0) is 14.8 Å². The summed E-state index contributed by atoms with van der Waals surface area (Å²) in [5.41, 5.74) is 1.68. The van der Waals surface area contributed by atoms with Crippen LogP contribution >= 0.6 is 22.9 Å². The molecule has 0 radical (unpaired) electrons. The third-order valence-corrected chi connectivity index (χ3v) is 7.45. The van der Waals surface area contributed by atoms with Crippen LogP contribution in [-0.4, -0.2) is 33.0 Å². The van der Waals surface area contributed by atoms with E-state index in [0.717, 1.165) is 22.7 Å². The van der Waals surface area contributed by atoms with Gasteiger partial charge < -0.3 is 10.2 Å². The molecule has 0 bridgehead atoms. The second-order valence-corrected chi connectivity index (χ2v) is 9.44. The number of fused-ring (bicyclic) bond motifs is 3. The number of carbonyl (C=O) groups excluding carboxylic acids is 1. The van der Waals surface area contributed by atoms with Crippen LogP contribution < -0.4 is 14.9 Å². The first-order valence-corrected chi connectivity index (χ1v) is 10.1. The first-order valence-electron chi connectivity index (χ1n) is 7.38. The van der Waals surface area contributed by atoms with E-state index in [1.807, 2.05) is 29.2 Å². The van der Waals surface area contributed by atoms with Crippen molar-refractivity contribution < 1.29 is 13.2 Å². The molecule has 2 atom stereocenters. The van der Waals surface area contributed by atoms with Gasteiger partial charge >= 0.3 is 0 Å². The molecule has 2 unspecified atom stereocenters. The SMILES string of the molecule is O=C1Nc2ccccc2N2CC(NS(=O)(=O)c3ccc(Cl)s3)CC12. The Morgan fingerprint density at radius 2 is 2.04 bits per heavy atom. The molecule has 0 aliphatic carbocycles. The van der Waals surface area contributed by atoms with E-state index in [-0.39, 0.29) is 22.2 Å². The molecule has 9 heteroatoms. The number of para-hydroxylation sites is 2. The minimum Gasteiger partial charge on any atom is -0.356 e. The summed E-state index contributed by atoms with van der Waals surface area (Å²) >= 11 is 6.84. The third-order valence-electron chi connectivity index (χ3n) is 4.21. The highest BCUT2D eigenvalue weighted by atomic mass is 35.5. The molecule has 1 amide bonds. The number of benzene rings is 1. The van der Waals surface area contributed by atoms with Crippen LogP contribution in [0.4, 0.5) is 11.4 Å². The Hall–Kier alpha value is -1.61. The summed E-state index contributed by atoms with van der Waals surface area (Å²) < 4.78 is 28.2. The van der Waals surface area contributed by atoms with Gasteiger partial charge in [0.1, 0.15) is 10.3 Å². The number of thiophene rings is 1. The summed E-state index contributed by atoms with van der Waals surface area (Å²) in [4.78, 5) is 14.2. The standard InChI is InChI=1S/C15H14ClN3O3S2/c16-13-5-6-14(23-13)24(21,22)18-9-7-12-15(20)17-10-3-1-2-4-11(10)19(12)8-9/h1-6,9,12,18H,7-8H2,(H,17,20). The van der Waals surface area contributed by atoms with Crippen molar-refractivity contribution in [3.05, 3.63) is 40.7 Å². The monoisotopic (exact) mass is 383 g/mol. The van der Waals surface area contributed by atoms with Crippen molar-refractivity contribution in [2.75, 3.05) is 16.8 Å². The predicted molar refractivity (Wildman–Crippen MR) is 94.3 cm³/mol. The Balaban J connectivity index is 1.58. The molecule has 1 fully saturated rings. The topological polar surface area (TPSA) is 78.5 Å². The van der Waals surface area contributed by atoms with Crippen molar-refractivity contribution >= 4 is 50.2 Å². The lowest BCUT2D eigenvalue weighted by Crippen LogP contribution is -2.43. The van der Waals surface area contributed by atoms with E-state index in [1.165, 1.54) is 6.07 Å². The van der Waals surface area contributed by atoms with E-state index >= 15 is 0 Å². The summed E-state index contributed by atoms with van der Waals surface area (Å²) in [6, 6.07) is 9.88. The highest BCUT2D eigenvalue weighted by Crippen LogP contribution is 2.37. The van der Waals surface area contributed by atoms with Crippen molar-refractivity contribution in [2.24, 2.45) is 0 Å². The van der Waals surface area contributed by atoms with Crippen molar-refractivity contribution in [3.63, 3.8) is 0 Å². The average Bonchev–Trinajstić information content (AvgIpc) is 3.14. The number of nitrogens with zero attached hydrogens (tertiary/aromatic N) is 1. The second kappa shape index (κ2) is 5.73. The second-order valence-electron chi connectivity index (χ2n) is 5.79. The molecule has 24 heavy (non-hydrogen) atoms. The van der Waals surface area contributed by atoms with E-state index in [0.29, 0.717) is 17.3 Å². The van der Waals surface area contributed by atoms with E-state index in [4.69, 9.17) is 11.6 Å². The van der Waals surface area contributed by atoms with E-state index in [2.05, 4.69) is 10.0 Å². The number of amides is 1. The Morgan fingerprint density at radius 3 is 2.79 bits per heavy atom. The van der Waals surface area contributed by atoms with Crippen LogP contribution in [0.15, 0.2) is 40.6 Å². The first-order chi connectivity index (χ1) is 11.4. The smallest absolute Gasteiger partial charge is 0.250 e. The van der Waals surface area contributed by atoms with Crippen molar-refractivity contribution in [2.45, 2.75) is 22.7 Å². The van der Waals surface area contributed by atoms with Gasteiger partial charge in [0.15, 0.2) is 0 Å². The number of hydrogen-bond donors (Lipinski definition) is 2. The van der Waals surface area contributed by atoms with E-state index < -0.39 is 10.0 Å². The maximum Gasteiger partial charge on any atom is 0.250 e. The summed E-state index contributed by atoms with van der Waals surface area (Å²) in [5, 5.41) is 2.88. The molecule has 126 valence electrons. The number of anilines is 2. The zero-order valence-electron chi connectivity index (χ0n) is 12.4. The molecule has 3 heterocycles. The molecule has 0 saturated carbocycles. The fourth-order valence-electron chi connectivity index (χ4n) is 3.20. The number of carbonyl (C=O) groups is 1. The van der Waals surface area contributed by atoms with Gasteiger partial charge in [0.25, 0.3) is 0 Å². The zero-order valence-corrected chi connectivity index (χ0v) is 14.8. The Morgan fingerprint density at radius 1 is 1.25 bits per heavy atom. The highest BCUT2D eigenvalue weighted by Gasteiger charge is 2.42. The summed E-state index contributed by atoms with van der Waals surface area (Å²) in [7, 11) is -3.63. The fourth-order valence-corrected chi connectivity index (χ4v) is 5.94. The molecular weight excluding hydrogens is 370 g/mol. The van der Waals surface area contributed by atoms with E-state index in [9.17, 15) is 13.2 Å². The Bertz CT molecular complexity index is 912. The van der Waals surface area contributed by atoms with Crippen molar-refractivity contribution in [1.29, 1.82) is 0 Å². The minimum absolute atomic E-state index is 0.102. The third kappa shape index (κ3) is 2.69. The molecule has 1 aromatic heterocycles. The summed E-state index contributed by atoms with van der Waals surface area (Å²) in [5.74, 6) is -0.102. The van der Waals surface area contributed by atoms with Crippen molar-refractivity contribution in [3.8, 4) is 0 Å². The predicted octanol–water partition coefficient (Wildman–Crippen LogP) is 2.28.